The van der Waals surface area contributed by atoms with E-state index in [1.165, 1.54) is 18.5 Å². The number of H-pyrrole nitrogens is 1. The number of hydrogen-bond acceptors (Lipinski definition) is 4. The van der Waals surface area contributed by atoms with Crippen molar-refractivity contribution in [2.45, 2.75) is 0 Å². The van der Waals surface area contributed by atoms with Crippen LogP contribution in [0.3, 0.4) is 0 Å². The molecule has 0 bridgehead atoms. The first-order chi connectivity index (χ1) is 12.2. The molecule has 0 aliphatic heterocycles. The van der Waals surface area contributed by atoms with Crippen LogP contribution in [0.4, 0.5) is 4.39 Å². The van der Waals surface area contributed by atoms with Crippen molar-refractivity contribution in [2.75, 3.05) is 0 Å². The van der Waals surface area contributed by atoms with Crippen molar-refractivity contribution in [1.29, 1.82) is 5.26 Å². The van der Waals surface area contributed by atoms with Gasteiger partial charge < -0.3 is 4.98 Å². The first-order valence-electron chi connectivity index (χ1n) is 7.31. The van der Waals surface area contributed by atoms with E-state index in [0.29, 0.717) is 16.6 Å². The lowest BCUT2D eigenvalue weighted by Crippen LogP contribution is -1.88. The molecule has 0 fully saturated rings. The molecule has 0 saturated carbocycles. The highest BCUT2D eigenvalue weighted by atomic mass is 35.5. The van der Waals surface area contributed by atoms with Crippen LogP contribution >= 0.6 is 11.6 Å². The Bertz CT molecular complexity index is 1130. The molecule has 4 aromatic rings. The number of aromatic nitrogens is 4. The van der Waals surface area contributed by atoms with Crippen LogP contribution in [-0.4, -0.2) is 19.9 Å². The Kier molecular flexibility index (Phi) is 3.64. The van der Waals surface area contributed by atoms with Gasteiger partial charge in [-0.2, -0.15) is 5.26 Å². The maximum Gasteiger partial charge on any atom is 0.141 e. The number of benzene rings is 1. The fourth-order valence-corrected chi connectivity index (χ4v) is 2.89. The molecule has 120 valence electrons. The molecule has 4 rings (SSSR count). The standard InChI is InChI=1S/C18H9ClFN5/c19-13-5-10(1-3-14(13)20)16-17(11-7-22-9-23-8-11)25-15-4-2-12(6-21)24-18(15)16/h1-5,7-9,25H. The zero-order chi connectivity index (χ0) is 17.4. The molecule has 0 aliphatic rings. The molecular weight excluding hydrogens is 341 g/mol. The predicted molar refractivity (Wildman–Crippen MR) is 92.2 cm³/mol. The largest absolute Gasteiger partial charge is 0.353 e. The first-order valence-corrected chi connectivity index (χ1v) is 7.69. The maximum absolute atomic E-state index is 13.6. The molecule has 0 unspecified atom stereocenters. The van der Waals surface area contributed by atoms with E-state index in [1.807, 2.05) is 6.07 Å². The zero-order valence-corrected chi connectivity index (χ0v) is 13.4. The molecule has 3 heterocycles. The molecule has 7 heteroatoms. The summed E-state index contributed by atoms with van der Waals surface area (Å²) in [6.07, 6.45) is 4.77. The van der Waals surface area contributed by atoms with Gasteiger partial charge in [-0.3, -0.25) is 0 Å². The normalized spacial score (nSPS) is 10.8. The lowest BCUT2D eigenvalue weighted by Gasteiger charge is -2.06. The number of nitrogens with zero attached hydrogens (tertiary/aromatic N) is 4. The van der Waals surface area contributed by atoms with Crippen LogP contribution in [-0.2, 0) is 0 Å². The number of nitrogens with one attached hydrogen (secondary N) is 1. The highest BCUT2D eigenvalue weighted by Crippen LogP contribution is 2.38. The molecule has 1 aromatic carbocycles. The quantitative estimate of drug-likeness (QED) is 0.583. The Morgan fingerprint density at radius 2 is 1.88 bits per heavy atom. The van der Waals surface area contributed by atoms with Crippen molar-refractivity contribution in [2.24, 2.45) is 0 Å². The van der Waals surface area contributed by atoms with Gasteiger partial charge in [0.1, 0.15) is 23.9 Å². The van der Waals surface area contributed by atoms with Crippen LogP contribution < -0.4 is 0 Å². The van der Waals surface area contributed by atoms with Crippen LogP contribution in [0.25, 0.3) is 33.4 Å². The Morgan fingerprint density at radius 1 is 1.08 bits per heavy atom. The fourth-order valence-electron chi connectivity index (χ4n) is 2.71. The number of nitriles is 1. The van der Waals surface area contributed by atoms with Crippen molar-refractivity contribution in [3.05, 3.63) is 65.6 Å². The fraction of sp³-hybridized carbons (Fsp3) is 0. The van der Waals surface area contributed by atoms with Crippen LogP contribution in [0, 0.1) is 17.1 Å². The second kappa shape index (κ2) is 5.96. The van der Waals surface area contributed by atoms with Gasteiger partial charge in [-0.1, -0.05) is 17.7 Å². The van der Waals surface area contributed by atoms with Gasteiger partial charge in [0.2, 0.25) is 0 Å². The highest BCUT2D eigenvalue weighted by Gasteiger charge is 2.18. The number of pyridine rings is 1. The number of aromatic amines is 1. The lowest BCUT2D eigenvalue weighted by molar-refractivity contribution is 0.628. The maximum atomic E-state index is 13.6. The topological polar surface area (TPSA) is 78.2 Å². The second-order valence-electron chi connectivity index (χ2n) is 5.34. The average Bonchev–Trinajstić information content (AvgIpc) is 3.03. The third-order valence-electron chi connectivity index (χ3n) is 3.81. The van der Waals surface area contributed by atoms with E-state index < -0.39 is 5.82 Å². The summed E-state index contributed by atoms with van der Waals surface area (Å²) in [4.78, 5) is 15.8. The van der Waals surface area contributed by atoms with Crippen molar-refractivity contribution in [3.63, 3.8) is 0 Å². The molecule has 0 radical (unpaired) electrons. The number of halogens is 2. The molecule has 0 atom stereocenters. The van der Waals surface area contributed by atoms with E-state index in [-0.39, 0.29) is 10.7 Å². The van der Waals surface area contributed by atoms with Crippen molar-refractivity contribution in [3.8, 4) is 28.5 Å². The van der Waals surface area contributed by atoms with Gasteiger partial charge in [-0.05, 0) is 29.8 Å². The van der Waals surface area contributed by atoms with Crippen LogP contribution in [0.1, 0.15) is 5.69 Å². The van der Waals surface area contributed by atoms with Crippen molar-refractivity contribution in [1.82, 2.24) is 19.9 Å². The first kappa shape index (κ1) is 15.2. The minimum atomic E-state index is -0.500. The predicted octanol–water partition coefficient (Wildman–Crippen LogP) is 4.35. The van der Waals surface area contributed by atoms with E-state index in [2.05, 4.69) is 19.9 Å². The van der Waals surface area contributed by atoms with Gasteiger partial charge in [-0.25, -0.2) is 19.3 Å². The summed E-state index contributed by atoms with van der Waals surface area (Å²) in [5, 5.41) is 9.16. The van der Waals surface area contributed by atoms with Gasteiger partial charge in [0.05, 0.1) is 21.7 Å². The Hall–Kier alpha value is -3.30. The second-order valence-corrected chi connectivity index (χ2v) is 5.74. The SMILES string of the molecule is N#Cc1ccc2[nH]c(-c3cncnc3)c(-c3ccc(F)c(Cl)c3)c2n1. The highest BCUT2D eigenvalue weighted by molar-refractivity contribution is 6.31. The minimum Gasteiger partial charge on any atom is -0.353 e. The molecule has 25 heavy (non-hydrogen) atoms. The van der Waals surface area contributed by atoms with Gasteiger partial charge in [0, 0.05) is 23.5 Å². The summed E-state index contributed by atoms with van der Waals surface area (Å²) >= 11 is 5.96. The van der Waals surface area contributed by atoms with Crippen LogP contribution in [0.15, 0.2) is 49.1 Å². The Labute approximate surface area is 146 Å². The minimum absolute atomic E-state index is 0.0125. The van der Waals surface area contributed by atoms with E-state index in [0.717, 1.165) is 16.8 Å². The number of fused-ring (bicyclic) bond motifs is 1. The lowest BCUT2D eigenvalue weighted by atomic mass is 10.0. The molecule has 0 aliphatic carbocycles. The van der Waals surface area contributed by atoms with Gasteiger partial charge in [0.15, 0.2) is 0 Å². The summed E-state index contributed by atoms with van der Waals surface area (Å²) < 4.78 is 13.6. The van der Waals surface area contributed by atoms with E-state index in [9.17, 15) is 4.39 Å². The van der Waals surface area contributed by atoms with Gasteiger partial charge >= 0.3 is 0 Å². The smallest absolute Gasteiger partial charge is 0.141 e. The monoisotopic (exact) mass is 349 g/mol. The zero-order valence-electron chi connectivity index (χ0n) is 12.7. The van der Waals surface area contributed by atoms with Crippen LogP contribution in [0.2, 0.25) is 5.02 Å². The average molecular weight is 350 g/mol. The molecule has 0 amide bonds. The van der Waals surface area contributed by atoms with E-state index >= 15 is 0 Å². The third-order valence-corrected chi connectivity index (χ3v) is 4.10. The summed E-state index contributed by atoms with van der Waals surface area (Å²) in [5.41, 5.74) is 4.49. The molecule has 1 N–H and O–H groups in total. The van der Waals surface area contributed by atoms with Crippen molar-refractivity contribution < 1.29 is 4.39 Å². The van der Waals surface area contributed by atoms with Gasteiger partial charge in [-0.15, -0.1) is 0 Å². The molecule has 5 nitrogen and oxygen atoms in total. The Balaban J connectivity index is 2.08. The van der Waals surface area contributed by atoms with E-state index in [4.69, 9.17) is 16.9 Å². The Morgan fingerprint density at radius 3 is 2.60 bits per heavy atom. The molecular formula is C18H9ClFN5. The molecule has 0 saturated heterocycles. The van der Waals surface area contributed by atoms with E-state index in [1.54, 1.807) is 30.6 Å². The molecule has 0 spiro atoms. The summed E-state index contributed by atoms with van der Waals surface area (Å²) in [7, 11) is 0. The summed E-state index contributed by atoms with van der Waals surface area (Å²) in [6, 6.07) is 9.90. The van der Waals surface area contributed by atoms with Gasteiger partial charge in [0.25, 0.3) is 0 Å². The van der Waals surface area contributed by atoms with Crippen LogP contribution in [0.5, 0.6) is 0 Å². The number of hydrogen-bond donors (Lipinski definition) is 1. The molecule has 3 aromatic heterocycles. The third kappa shape index (κ3) is 2.61. The summed E-state index contributed by atoms with van der Waals surface area (Å²) in [6.45, 7) is 0. The summed E-state index contributed by atoms with van der Waals surface area (Å²) in [5.74, 6) is -0.500. The number of rotatable bonds is 2. The van der Waals surface area contributed by atoms with Crippen molar-refractivity contribution >= 4 is 22.6 Å².